The summed E-state index contributed by atoms with van der Waals surface area (Å²) in [5.41, 5.74) is 2.64. The average Bonchev–Trinajstić information content (AvgIpc) is 0.777. The molecule has 0 unspecified atom stereocenters. The zero-order chi connectivity index (χ0) is 93.8. The average molecular weight is 1920 g/mol. The Morgan fingerprint density at radius 2 is 0.527 bits per heavy atom. The van der Waals surface area contributed by atoms with Crippen molar-refractivity contribution in [2.24, 2.45) is 122 Å². The van der Waals surface area contributed by atoms with E-state index in [0.717, 1.165) is 251 Å². The molecule has 131 heavy (non-hydrogen) atoms. The van der Waals surface area contributed by atoms with Gasteiger partial charge in [0.25, 0.3) is 0 Å². The maximum absolute atomic E-state index is 11.5. The maximum atomic E-state index is 11.5. The fraction of sp³-hybridized carbons (Fsp3) is 0.925. The molecule has 0 aromatic rings. The number of rotatable bonds is 52. The third kappa shape index (κ3) is 41.9. The van der Waals surface area contributed by atoms with Crippen LogP contribution < -0.4 is 34.7 Å². The number of ether oxygens (including phenoxy) is 9. The van der Waals surface area contributed by atoms with E-state index in [1.165, 1.54) is 212 Å². The number of aliphatic carboxylic acids is 3. The van der Waals surface area contributed by atoms with Crippen LogP contribution in [0.1, 0.15) is 395 Å². The van der Waals surface area contributed by atoms with Crippen LogP contribution in [0.25, 0.3) is 0 Å². The standard InChI is InChI=1S/C20H33BrO3.2C20H34O3.C19H30O5.C18H30O3.C6H10O3.C2H6O.C2H5O.Na/c1-2-24-19(22)18(21)6-4-3-5-7-23-14-20-11-15-8-16(12-20)10-17(9-15)13-20;2*1-2-23-19(21)7-5-3-4-6-8-22-15-20-12-16-9-17(13-20)11-18(10-16)14-20;20-17(21)16(18(22)23)4-2-1-3-5-24-12-19-9-13-6-14(10-19)8-15(7-13)11-19;19-17(20)5-3-1-2-4-6-21-13-18-10-14-7-15(11-18)9-16(8-14)12-18;1-3-9-6(8)4-5(2)7;2*1-2-3;/h15-18H,2-14H2,1H3;2*16-18H,2-15H2,1H3;13-16H,1-12H2,(H,20,21)(H,22,23);14-16H,1-13H2,(H,19,20);3-4H2,1-2H3;3H,2H2,1H3;2H2,1H3;/q;;;;;;;-1;+1/t15?,16?,17?,18-,20?;;;;;;;;/m0......../s1. The summed E-state index contributed by atoms with van der Waals surface area (Å²) in [5.74, 6) is 9.80. The van der Waals surface area contributed by atoms with E-state index in [1.54, 1.807) is 20.8 Å². The van der Waals surface area contributed by atoms with Crippen molar-refractivity contribution in [2.45, 2.75) is 400 Å². The van der Waals surface area contributed by atoms with Crippen LogP contribution >= 0.6 is 15.9 Å². The second-order valence-electron chi connectivity index (χ2n) is 44.3. The Hall–Kier alpha value is -2.84. The molecule has 22 nitrogen and oxygen atoms in total. The molecule has 0 saturated heterocycles. The fourth-order valence-corrected chi connectivity index (χ4v) is 29.7. The summed E-state index contributed by atoms with van der Waals surface area (Å²) in [6.07, 6.45) is 64.6. The second kappa shape index (κ2) is 61.7. The normalized spacial score (nSPS) is 31.7. The smallest absolute Gasteiger partial charge is 0.855 e. The van der Waals surface area contributed by atoms with Crippen LogP contribution in [0.4, 0.5) is 0 Å². The van der Waals surface area contributed by atoms with Gasteiger partial charge in [0, 0.05) is 58.9 Å². The molecule has 750 valence electrons. The first kappa shape index (κ1) is 115. The number of carbonyl (C=O) groups is 8. The van der Waals surface area contributed by atoms with Crippen LogP contribution in [-0.2, 0) is 81.0 Å². The third-order valence-electron chi connectivity index (χ3n) is 32.1. The number of aliphatic hydroxyl groups excluding tert-OH is 1. The Morgan fingerprint density at radius 3 is 0.740 bits per heavy atom. The van der Waals surface area contributed by atoms with Gasteiger partial charge in [-0.2, -0.15) is 0 Å². The third-order valence-corrected chi connectivity index (χ3v) is 32.9. The number of carboxylic acid groups (broad SMARTS) is 3. The van der Waals surface area contributed by atoms with E-state index >= 15 is 0 Å². The van der Waals surface area contributed by atoms with E-state index in [2.05, 4.69) is 20.7 Å². The minimum atomic E-state index is -1.27. The SMILES string of the molecule is CCO.CCOC(=O)CC(C)=O.CCOC(=O)CCCCCCOCC12CC3CC(CC(C3)C1)C2.CCOC(=O)CCCCCCOCC12CC3CC(CC(C3)C1)C2.CCOC(=O)[C@@H](Br)CCCCCOCC12CC3CC(CC(C3)C1)C2.CC[O-].O=C(O)C(CCCCCOCC12CC3CC(CC(C3)C1)C2)C(=O)O.O=C(O)CCCCCCOCC12CC3CC(CC(C3)C1)C2.[Na+]. The Kier molecular flexibility index (Phi) is 54.2. The molecule has 0 amide bonds. The molecule has 0 spiro atoms. The van der Waals surface area contributed by atoms with Crippen molar-refractivity contribution in [1.29, 1.82) is 0 Å². The van der Waals surface area contributed by atoms with Gasteiger partial charge in [0.05, 0.1) is 59.5 Å². The number of alkyl halides is 1. The van der Waals surface area contributed by atoms with E-state index in [4.69, 9.17) is 63.4 Å². The summed E-state index contributed by atoms with van der Waals surface area (Å²) < 4.78 is 49.7. The van der Waals surface area contributed by atoms with Crippen molar-refractivity contribution in [3.05, 3.63) is 0 Å². The summed E-state index contributed by atoms with van der Waals surface area (Å²) in [6, 6.07) is 0. The Labute approximate surface area is 821 Å². The molecule has 0 aromatic carbocycles. The molecular formula is C107H182BrNaO22. The predicted octanol–water partition coefficient (Wildman–Crippen LogP) is 19.3. The molecule has 20 saturated carbocycles. The van der Waals surface area contributed by atoms with Crippen molar-refractivity contribution in [3.8, 4) is 0 Å². The van der Waals surface area contributed by atoms with Gasteiger partial charge in [0.15, 0.2) is 5.92 Å². The van der Waals surface area contributed by atoms with E-state index in [-0.39, 0.29) is 84.1 Å². The molecule has 0 aliphatic heterocycles. The first-order valence-corrected chi connectivity index (χ1v) is 54.0. The van der Waals surface area contributed by atoms with Crippen LogP contribution in [0, 0.1) is 122 Å². The molecule has 0 heterocycles. The van der Waals surface area contributed by atoms with Crippen molar-refractivity contribution >= 4 is 63.5 Å². The number of carboxylic acids is 3. The van der Waals surface area contributed by atoms with Crippen molar-refractivity contribution < 1.29 is 136 Å². The monoisotopic (exact) mass is 1920 g/mol. The number of esters is 4. The molecule has 20 aliphatic rings. The molecular weight excluding hydrogens is 1740 g/mol. The minimum Gasteiger partial charge on any atom is -0.855 e. The molecule has 0 radical (unpaired) electrons. The number of Topliss-reactive ketones (excluding diaryl/α,β-unsaturated/α-hetero) is 1. The number of halogens is 1. The molecule has 1 atom stereocenters. The van der Waals surface area contributed by atoms with Crippen molar-refractivity contribution in [3.63, 3.8) is 0 Å². The first-order valence-electron chi connectivity index (χ1n) is 53.1. The van der Waals surface area contributed by atoms with Crippen LogP contribution in [-0.4, -0.2) is 179 Å². The zero-order valence-corrected chi connectivity index (χ0v) is 86.9. The number of ketones is 1. The quantitative estimate of drug-likeness (QED) is 0.0110. The summed E-state index contributed by atoms with van der Waals surface area (Å²) in [6.45, 7) is 23.1. The predicted molar refractivity (Wildman–Crippen MR) is 508 cm³/mol. The first-order chi connectivity index (χ1) is 62.6. The molecule has 24 heteroatoms. The van der Waals surface area contributed by atoms with Gasteiger partial charge < -0.3 is 68.2 Å². The number of carbonyl (C=O) groups excluding carboxylic acids is 5. The van der Waals surface area contributed by atoms with Gasteiger partial charge in [0.2, 0.25) is 0 Å². The Morgan fingerprint density at radius 1 is 0.321 bits per heavy atom. The van der Waals surface area contributed by atoms with Crippen LogP contribution in [0.3, 0.4) is 0 Å². The van der Waals surface area contributed by atoms with Crippen LogP contribution in [0.2, 0.25) is 0 Å². The molecule has 20 fully saturated rings. The van der Waals surface area contributed by atoms with Gasteiger partial charge in [-0.05, 0) is 414 Å². The van der Waals surface area contributed by atoms with Crippen LogP contribution in [0.15, 0.2) is 0 Å². The molecule has 0 aromatic heterocycles. The molecule has 20 rings (SSSR count). The van der Waals surface area contributed by atoms with E-state index in [1.807, 2.05) is 20.8 Å². The van der Waals surface area contributed by atoms with Crippen molar-refractivity contribution in [2.75, 3.05) is 106 Å². The summed E-state index contributed by atoms with van der Waals surface area (Å²) in [4.78, 5) is 86.5. The van der Waals surface area contributed by atoms with Gasteiger partial charge in [-0.15, -0.1) is 6.61 Å². The van der Waals surface area contributed by atoms with Crippen molar-refractivity contribution in [1.82, 2.24) is 0 Å². The maximum Gasteiger partial charge on any atom is 1.00 e. The van der Waals surface area contributed by atoms with Gasteiger partial charge in [-0.1, -0.05) is 87.1 Å². The summed E-state index contributed by atoms with van der Waals surface area (Å²) in [5, 5.41) is 42.7. The number of hydrogen-bond donors (Lipinski definition) is 4. The largest absolute Gasteiger partial charge is 1.00 e. The zero-order valence-electron chi connectivity index (χ0n) is 83.3. The minimum absolute atomic E-state index is 0. The van der Waals surface area contributed by atoms with Gasteiger partial charge >= 0.3 is 71.3 Å². The number of aliphatic hydroxyl groups is 1. The molecule has 20 bridgehead atoms. The summed E-state index contributed by atoms with van der Waals surface area (Å²) in [7, 11) is 0. The van der Waals surface area contributed by atoms with Crippen LogP contribution in [0.5, 0.6) is 0 Å². The molecule has 20 aliphatic carbocycles. The number of hydrogen-bond acceptors (Lipinski definition) is 19. The number of unbranched alkanes of at least 4 members (excludes halogenated alkanes) is 13. The van der Waals surface area contributed by atoms with Gasteiger partial charge in [-0.25, -0.2) is 0 Å². The Bertz CT molecular complexity index is 2990. The topological polar surface area (TPSA) is 324 Å². The Balaban J connectivity index is 0.000000215. The van der Waals surface area contributed by atoms with Gasteiger partial charge in [-0.3, -0.25) is 38.4 Å². The fourth-order valence-electron chi connectivity index (χ4n) is 29.3. The van der Waals surface area contributed by atoms with E-state index in [0.29, 0.717) is 85.8 Å². The van der Waals surface area contributed by atoms with E-state index < -0.39 is 29.8 Å². The molecule has 4 N–H and O–H groups in total. The van der Waals surface area contributed by atoms with Gasteiger partial charge in [0.1, 0.15) is 17.0 Å². The second-order valence-corrected chi connectivity index (χ2v) is 45.4. The van der Waals surface area contributed by atoms with E-state index in [9.17, 15) is 38.4 Å². The summed E-state index contributed by atoms with van der Waals surface area (Å²) >= 11 is 3.41.